The molecule has 0 spiro atoms. The molecule has 2 aromatic rings. The van der Waals surface area contributed by atoms with Gasteiger partial charge in [0.1, 0.15) is 5.75 Å². The van der Waals surface area contributed by atoms with Crippen molar-refractivity contribution in [3.8, 4) is 11.4 Å². The molecular formula is C20H31IN6O2. The highest BCUT2D eigenvalue weighted by Gasteiger charge is 2.09. The molecule has 0 saturated carbocycles. The van der Waals surface area contributed by atoms with E-state index in [0.29, 0.717) is 6.54 Å². The number of nitrogens with zero attached hydrogens (tertiary/aromatic N) is 4. The Hall–Kier alpha value is -1.85. The van der Waals surface area contributed by atoms with Crippen molar-refractivity contribution in [1.29, 1.82) is 0 Å². The number of ether oxygens (including phenoxy) is 2. The van der Waals surface area contributed by atoms with Crippen LogP contribution >= 0.6 is 24.0 Å². The summed E-state index contributed by atoms with van der Waals surface area (Å²) >= 11 is 0. The second-order valence-electron chi connectivity index (χ2n) is 6.53. The summed E-state index contributed by atoms with van der Waals surface area (Å²) in [5.41, 5.74) is 1.91. The van der Waals surface area contributed by atoms with E-state index < -0.39 is 0 Å². The molecule has 1 aromatic carbocycles. The number of aliphatic imine (C=N–C) groups is 1. The molecule has 0 bridgehead atoms. The number of hydrogen-bond acceptors (Lipinski definition) is 5. The number of rotatable bonds is 8. The van der Waals surface area contributed by atoms with Gasteiger partial charge in [0.15, 0.2) is 5.96 Å². The van der Waals surface area contributed by atoms with Gasteiger partial charge in [-0.05, 0) is 37.3 Å². The van der Waals surface area contributed by atoms with E-state index in [0.717, 1.165) is 69.0 Å². The minimum Gasteiger partial charge on any atom is -0.497 e. The molecule has 0 unspecified atom stereocenters. The first-order valence-corrected chi connectivity index (χ1v) is 9.79. The zero-order valence-corrected chi connectivity index (χ0v) is 19.5. The Bertz CT molecular complexity index is 744. The summed E-state index contributed by atoms with van der Waals surface area (Å²) in [7, 11) is 1.66. The predicted molar refractivity (Wildman–Crippen MR) is 126 cm³/mol. The van der Waals surface area contributed by atoms with E-state index in [9.17, 15) is 0 Å². The van der Waals surface area contributed by atoms with Gasteiger partial charge < -0.3 is 20.1 Å². The first kappa shape index (κ1) is 23.4. The van der Waals surface area contributed by atoms with Gasteiger partial charge in [-0.2, -0.15) is 5.10 Å². The SMILES string of the molecule is CCNC(=NCc1ccn(-c2ccc(OC)cc2)n1)NCCN1CCOCC1.I. The van der Waals surface area contributed by atoms with Gasteiger partial charge in [0.05, 0.1) is 38.2 Å². The largest absolute Gasteiger partial charge is 0.497 e. The topological polar surface area (TPSA) is 75.9 Å². The third-order valence-electron chi connectivity index (χ3n) is 4.55. The molecule has 8 nitrogen and oxygen atoms in total. The van der Waals surface area contributed by atoms with Gasteiger partial charge in [-0.1, -0.05) is 0 Å². The molecule has 2 N–H and O–H groups in total. The summed E-state index contributed by atoms with van der Waals surface area (Å²) < 4.78 is 12.4. The summed E-state index contributed by atoms with van der Waals surface area (Å²) in [6.45, 7) is 8.90. The minimum atomic E-state index is 0. The lowest BCUT2D eigenvalue weighted by Crippen LogP contribution is -2.44. The van der Waals surface area contributed by atoms with Gasteiger partial charge in [-0.3, -0.25) is 4.90 Å². The van der Waals surface area contributed by atoms with Gasteiger partial charge in [0.25, 0.3) is 0 Å². The van der Waals surface area contributed by atoms with Crippen LogP contribution in [0.15, 0.2) is 41.5 Å². The number of nitrogens with one attached hydrogen (secondary N) is 2. The molecule has 2 heterocycles. The predicted octanol–water partition coefficient (Wildman–Crippen LogP) is 1.89. The summed E-state index contributed by atoms with van der Waals surface area (Å²) in [4.78, 5) is 7.06. The first-order valence-electron chi connectivity index (χ1n) is 9.79. The van der Waals surface area contributed by atoms with Crippen molar-refractivity contribution >= 4 is 29.9 Å². The zero-order valence-electron chi connectivity index (χ0n) is 17.1. The fourth-order valence-electron chi connectivity index (χ4n) is 2.98. The fraction of sp³-hybridized carbons (Fsp3) is 0.500. The summed E-state index contributed by atoms with van der Waals surface area (Å²) in [5.74, 6) is 1.65. The van der Waals surface area contributed by atoms with Crippen LogP contribution < -0.4 is 15.4 Å². The quantitative estimate of drug-likeness (QED) is 0.319. The summed E-state index contributed by atoms with van der Waals surface area (Å²) in [6.07, 6.45) is 1.95. The summed E-state index contributed by atoms with van der Waals surface area (Å²) in [6, 6.07) is 9.81. The van der Waals surface area contributed by atoms with Crippen molar-refractivity contribution in [2.24, 2.45) is 4.99 Å². The van der Waals surface area contributed by atoms with Crippen LogP contribution in [0.25, 0.3) is 5.69 Å². The number of aromatic nitrogens is 2. The summed E-state index contributed by atoms with van der Waals surface area (Å²) in [5, 5.41) is 11.3. The standard InChI is InChI=1S/C20H30N6O2.HI/c1-3-21-20(22-9-11-25-12-14-28-15-13-25)23-16-17-8-10-26(24-17)18-4-6-19(27-2)7-5-18;/h4-8,10H,3,9,11-16H2,1-2H3,(H2,21,22,23);1H. The number of halogens is 1. The first-order chi connectivity index (χ1) is 13.8. The Labute approximate surface area is 189 Å². The molecule has 0 amide bonds. The van der Waals surface area contributed by atoms with E-state index in [4.69, 9.17) is 9.47 Å². The number of morpholine rings is 1. The Kier molecular flexibility index (Phi) is 10.2. The van der Waals surface area contributed by atoms with Gasteiger partial charge in [-0.15, -0.1) is 24.0 Å². The highest BCUT2D eigenvalue weighted by atomic mass is 127. The van der Waals surface area contributed by atoms with Crippen LogP contribution in [0, 0.1) is 0 Å². The average Bonchev–Trinajstić information content (AvgIpc) is 3.22. The van der Waals surface area contributed by atoms with Gasteiger partial charge in [0, 0.05) is 38.9 Å². The normalized spacial score (nSPS) is 14.9. The second kappa shape index (κ2) is 12.7. The maximum atomic E-state index is 5.39. The highest BCUT2D eigenvalue weighted by Crippen LogP contribution is 2.14. The molecule has 3 rings (SSSR count). The number of hydrogen-bond donors (Lipinski definition) is 2. The van der Waals surface area contributed by atoms with Gasteiger partial charge >= 0.3 is 0 Å². The van der Waals surface area contributed by atoms with E-state index in [1.54, 1.807) is 7.11 Å². The van der Waals surface area contributed by atoms with E-state index >= 15 is 0 Å². The Morgan fingerprint density at radius 1 is 1.17 bits per heavy atom. The van der Waals surface area contributed by atoms with Crippen LogP contribution in [-0.2, 0) is 11.3 Å². The maximum Gasteiger partial charge on any atom is 0.191 e. The monoisotopic (exact) mass is 514 g/mol. The molecule has 1 saturated heterocycles. The molecule has 1 aliphatic heterocycles. The molecule has 0 aliphatic carbocycles. The number of methoxy groups -OCH3 is 1. The van der Waals surface area contributed by atoms with E-state index in [-0.39, 0.29) is 24.0 Å². The van der Waals surface area contributed by atoms with Gasteiger partial charge in [0.2, 0.25) is 0 Å². The number of benzene rings is 1. The smallest absolute Gasteiger partial charge is 0.191 e. The molecule has 0 atom stereocenters. The van der Waals surface area contributed by atoms with E-state index in [1.807, 2.05) is 41.2 Å². The zero-order chi connectivity index (χ0) is 19.6. The molecule has 0 radical (unpaired) electrons. The molecule has 29 heavy (non-hydrogen) atoms. The van der Waals surface area contributed by atoms with Crippen molar-refractivity contribution in [3.63, 3.8) is 0 Å². The van der Waals surface area contributed by atoms with E-state index in [1.165, 1.54) is 0 Å². The van der Waals surface area contributed by atoms with Crippen molar-refractivity contribution in [2.75, 3.05) is 53.0 Å². The second-order valence-corrected chi connectivity index (χ2v) is 6.53. The maximum absolute atomic E-state index is 5.39. The van der Waals surface area contributed by atoms with Crippen molar-refractivity contribution in [2.45, 2.75) is 13.5 Å². The van der Waals surface area contributed by atoms with Crippen molar-refractivity contribution < 1.29 is 9.47 Å². The van der Waals surface area contributed by atoms with E-state index in [2.05, 4.69) is 32.5 Å². The van der Waals surface area contributed by atoms with Crippen molar-refractivity contribution in [3.05, 3.63) is 42.2 Å². The molecule has 9 heteroatoms. The van der Waals surface area contributed by atoms with Crippen molar-refractivity contribution in [1.82, 2.24) is 25.3 Å². The molecule has 1 fully saturated rings. The Morgan fingerprint density at radius 3 is 2.62 bits per heavy atom. The minimum absolute atomic E-state index is 0. The van der Waals surface area contributed by atoms with Crippen LogP contribution in [-0.4, -0.2) is 73.7 Å². The molecular weight excluding hydrogens is 483 g/mol. The van der Waals surface area contributed by atoms with Crippen LogP contribution in [0.5, 0.6) is 5.75 Å². The Balaban J connectivity index is 0.00000300. The highest BCUT2D eigenvalue weighted by molar-refractivity contribution is 14.0. The average molecular weight is 514 g/mol. The molecule has 1 aliphatic rings. The lowest BCUT2D eigenvalue weighted by atomic mass is 10.3. The lowest BCUT2D eigenvalue weighted by molar-refractivity contribution is 0.0389. The fourth-order valence-corrected chi connectivity index (χ4v) is 2.98. The van der Waals surface area contributed by atoms with Gasteiger partial charge in [-0.25, -0.2) is 9.67 Å². The Morgan fingerprint density at radius 2 is 1.93 bits per heavy atom. The third kappa shape index (κ3) is 7.48. The molecule has 160 valence electrons. The molecule has 1 aromatic heterocycles. The third-order valence-corrected chi connectivity index (χ3v) is 4.55. The van der Waals surface area contributed by atoms with Crippen LogP contribution in [0.4, 0.5) is 0 Å². The van der Waals surface area contributed by atoms with Crippen LogP contribution in [0.3, 0.4) is 0 Å². The van der Waals surface area contributed by atoms with Crippen LogP contribution in [0.1, 0.15) is 12.6 Å². The lowest BCUT2D eigenvalue weighted by Gasteiger charge is -2.26. The van der Waals surface area contributed by atoms with Crippen LogP contribution in [0.2, 0.25) is 0 Å². The number of guanidine groups is 1.